The molecule has 3 rings (SSSR count). The van der Waals surface area contributed by atoms with Crippen molar-refractivity contribution in [1.29, 1.82) is 0 Å². The monoisotopic (exact) mass is 270 g/mol. The molecule has 0 bridgehead atoms. The normalized spacial score (nSPS) is 15.2. The van der Waals surface area contributed by atoms with Crippen LogP contribution in [0.15, 0.2) is 24.3 Å². The summed E-state index contributed by atoms with van der Waals surface area (Å²) in [6.45, 7) is 7.77. The van der Waals surface area contributed by atoms with E-state index in [0.29, 0.717) is 0 Å². The predicted molar refractivity (Wildman–Crippen MR) is 78.3 cm³/mol. The van der Waals surface area contributed by atoms with Crippen molar-refractivity contribution in [3.63, 3.8) is 0 Å². The van der Waals surface area contributed by atoms with Gasteiger partial charge in [-0.1, -0.05) is 0 Å². The molecule has 2 N–H and O–H groups in total. The lowest BCUT2D eigenvalue weighted by Crippen LogP contribution is -2.30. The Morgan fingerprint density at radius 3 is 2.45 bits per heavy atom. The second kappa shape index (κ2) is 3.92. The summed E-state index contributed by atoms with van der Waals surface area (Å²) < 4.78 is 6.10. The van der Waals surface area contributed by atoms with Gasteiger partial charge in [0.05, 0.1) is 0 Å². The van der Waals surface area contributed by atoms with E-state index in [2.05, 4.69) is 0 Å². The fourth-order valence-electron chi connectivity index (χ4n) is 2.92. The first-order valence-corrected chi connectivity index (χ1v) is 6.67. The van der Waals surface area contributed by atoms with Gasteiger partial charge in [-0.2, -0.15) is 0 Å². The maximum absolute atomic E-state index is 9.89. The van der Waals surface area contributed by atoms with E-state index < -0.39 is 5.60 Å². The van der Waals surface area contributed by atoms with Gasteiger partial charge in [0.15, 0.2) is 0 Å². The SMILES string of the molecule is Cc1cc(O)cc2c1-c1ccc(O)c(C)c1OC2(C)C. The standard InChI is InChI=1S/C17H18O3/c1-9-7-11(18)8-13-15(9)12-5-6-14(19)10(2)16(12)20-17(13,3)4/h5-8,18-19H,1-4H3. The van der Waals surface area contributed by atoms with Gasteiger partial charge in [-0.05, 0) is 63.1 Å². The molecule has 0 fully saturated rings. The van der Waals surface area contributed by atoms with Gasteiger partial charge in [-0.15, -0.1) is 0 Å². The number of aromatic hydroxyl groups is 2. The molecule has 20 heavy (non-hydrogen) atoms. The van der Waals surface area contributed by atoms with Gasteiger partial charge in [0, 0.05) is 16.7 Å². The molecule has 0 saturated heterocycles. The fraction of sp³-hybridized carbons (Fsp3) is 0.294. The van der Waals surface area contributed by atoms with E-state index in [9.17, 15) is 10.2 Å². The second-order valence-corrected chi connectivity index (χ2v) is 5.88. The number of benzene rings is 2. The van der Waals surface area contributed by atoms with Crippen LogP contribution in [0, 0.1) is 13.8 Å². The highest BCUT2D eigenvalue weighted by molar-refractivity contribution is 5.82. The number of phenols is 2. The maximum atomic E-state index is 9.89. The number of fused-ring (bicyclic) bond motifs is 3. The maximum Gasteiger partial charge on any atom is 0.135 e. The summed E-state index contributed by atoms with van der Waals surface area (Å²) >= 11 is 0. The van der Waals surface area contributed by atoms with Crippen molar-refractivity contribution in [3.8, 4) is 28.4 Å². The molecular weight excluding hydrogens is 252 g/mol. The molecule has 0 unspecified atom stereocenters. The lowest BCUT2D eigenvalue weighted by molar-refractivity contribution is 0.104. The van der Waals surface area contributed by atoms with Crippen LogP contribution in [0.25, 0.3) is 11.1 Å². The highest BCUT2D eigenvalue weighted by atomic mass is 16.5. The first-order valence-electron chi connectivity index (χ1n) is 6.67. The van der Waals surface area contributed by atoms with Crippen molar-refractivity contribution in [2.24, 2.45) is 0 Å². The zero-order valence-electron chi connectivity index (χ0n) is 12.1. The molecule has 0 saturated carbocycles. The van der Waals surface area contributed by atoms with E-state index in [0.717, 1.165) is 33.6 Å². The molecule has 3 nitrogen and oxygen atoms in total. The summed E-state index contributed by atoms with van der Waals surface area (Å²) in [6.07, 6.45) is 0. The molecule has 0 spiro atoms. The molecule has 1 aliphatic rings. The van der Waals surface area contributed by atoms with Crippen LogP contribution in [0.1, 0.15) is 30.5 Å². The van der Waals surface area contributed by atoms with Crippen molar-refractivity contribution in [2.45, 2.75) is 33.3 Å². The quantitative estimate of drug-likeness (QED) is 0.760. The molecule has 3 heteroatoms. The van der Waals surface area contributed by atoms with Crippen LogP contribution in [0.4, 0.5) is 0 Å². The Morgan fingerprint density at radius 1 is 1.05 bits per heavy atom. The average Bonchev–Trinajstić information content (AvgIpc) is 2.35. The molecule has 2 aromatic carbocycles. The van der Waals surface area contributed by atoms with Crippen LogP contribution < -0.4 is 4.74 Å². The molecule has 0 amide bonds. The van der Waals surface area contributed by atoms with Crippen molar-refractivity contribution < 1.29 is 14.9 Å². The van der Waals surface area contributed by atoms with Gasteiger partial charge < -0.3 is 14.9 Å². The molecule has 0 radical (unpaired) electrons. The Kier molecular flexibility index (Phi) is 2.52. The van der Waals surface area contributed by atoms with E-state index in [1.807, 2.05) is 33.8 Å². The number of hydrogen-bond donors (Lipinski definition) is 2. The van der Waals surface area contributed by atoms with E-state index in [1.165, 1.54) is 0 Å². The Labute approximate surface area is 118 Å². The molecule has 1 heterocycles. The number of rotatable bonds is 0. The Hall–Kier alpha value is -2.16. The van der Waals surface area contributed by atoms with Gasteiger partial charge in [0.2, 0.25) is 0 Å². The summed E-state index contributed by atoms with van der Waals surface area (Å²) in [5.41, 5.74) is 4.21. The van der Waals surface area contributed by atoms with Crippen molar-refractivity contribution in [2.75, 3.05) is 0 Å². The summed E-state index contributed by atoms with van der Waals surface area (Å²) in [6, 6.07) is 7.07. The zero-order valence-corrected chi connectivity index (χ0v) is 12.1. The third-order valence-corrected chi connectivity index (χ3v) is 3.97. The largest absolute Gasteiger partial charge is 0.508 e. The van der Waals surface area contributed by atoms with Gasteiger partial charge in [-0.25, -0.2) is 0 Å². The number of phenolic OH excluding ortho intramolecular Hbond substituents is 2. The van der Waals surface area contributed by atoms with Gasteiger partial charge >= 0.3 is 0 Å². The van der Waals surface area contributed by atoms with Crippen molar-refractivity contribution in [3.05, 3.63) is 41.0 Å². The predicted octanol–water partition coefficient (Wildman–Crippen LogP) is 4.01. The van der Waals surface area contributed by atoms with Crippen LogP contribution in [0.2, 0.25) is 0 Å². The average molecular weight is 270 g/mol. The Balaban J connectivity index is 2.42. The lowest BCUT2D eigenvalue weighted by atomic mass is 9.83. The van der Waals surface area contributed by atoms with Crippen LogP contribution >= 0.6 is 0 Å². The van der Waals surface area contributed by atoms with E-state index >= 15 is 0 Å². The van der Waals surface area contributed by atoms with Crippen molar-refractivity contribution in [1.82, 2.24) is 0 Å². The highest BCUT2D eigenvalue weighted by Gasteiger charge is 2.35. The number of ether oxygens (including phenoxy) is 1. The molecule has 0 atom stereocenters. The minimum atomic E-state index is -0.551. The summed E-state index contributed by atoms with van der Waals surface area (Å²) in [5.74, 6) is 1.20. The number of aryl methyl sites for hydroxylation is 1. The first kappa shape index (κ1) is 12.9. The number of hydrogen-bond acceptors (Lipinski definition) is 3. The van der Waals surface area contributed by atoms with Crippen LogP contribution in [-0.4, -0.2) is 10.2 Å². The zero-order chi connectivity index (χ0) is 14.7. The van der Waals surface area contributed by atoms with E-state index in [-0.39, 0.29) is 11.5 Å². The minimum Gasteiger partial charge on any atom is -0.508 e. The van der Waals surface area contributed by atoms with Crippen LogP contribution in [-0.2, 0) is 5.60 Å². The third kappa shape index (κ3) is 1.66. The minimum absolute atomic E-state index is 0.236. The Morgan fingerprint density at radius 2 is 1.75 bits per heavy atom. The summed E-state index contributed by atoms with van der Waals surface area (Å²) in [7, 11) is 0. The molecule has 2 aromatic rings. The van der Waals surface area contributed by atoms with Gasteiger partial charge in [-0.3, -0.25) is 0 Å². The fourth-order valence-corrected chi connectivity index (χ4v) is 2.92. The van der Waals surface area contributed by atoms with E-state index in [1.54, 1.807) is 18.2 Å². The molecular formula is C17H18O3. The van der Waals surface area contributed by atoms with Gasteiger partial charge in [0.1, 0.15) is 22.8 Å². The molecule has 0 aromatic heterocycles. The smallest absolute Gasteiger partial charge is 0.135 e. The van der Waals surface area contributed by atoms with Crippen molar-refractivity contribution >= 4 is 0 Å². The highest BCUT2D eigenvalue weighted by Crippen LogP contribution is 2.50. The second-order valence-electron chi connectivity index (χ2n) is 5.88. The Bertz CT molecular complexity index is 715. The molecule has 1 aliphatic heterocycles. The molecule has 104 valence electrons. The van der Waals surface area contributed by atoms with Gasteiger partial charge in [0.25, 0.3) is 0 Å². The topological polar surface area (TPSA) is 49.7 Å². The summed E-state index contributed by atoms with van der Waals surface area (Å²) in [4.78, 5) is 0. The lowest BCUT2D eigenvalue weighted by Gasteiger charge is -2.36. The van der Waals surface area contributed by atoms with Crippen LogP contribution in [0.5, 0.6) is 17.2 Å². The third-order valence-electron chi connectivity index (χ3n) is 3.97. The first-order chi connectivity index (χ1) is 9.31. The molecule has 0 aliphatic carbocycles. The van der Waals surface area contributed by atoms with E-state index in [4.69, 9.17) is 4.74 Å². The van der Waals surface area contributed by atoms with Crippen LogP contribution in [0.3, 0.4) is 0 Å². The summed E-state index contributed by atoms with van der Waals surface area (Å²) in [5, 5.41) is 19.7.